The standard InChI is InChI=1S/C20H22Cl2O2/c1-2-15(16-6-4-3-5-7-16)10-11-20(23-12-13-24-20)17-8-9-18(21)19(22)14-17/h3-9,14-15H,2,10-13H2,1H3. The highest BCUT2D eigenvalue weighted by molar-refractivity contribution is 6.42. The lowest BCUT2D eigenvalue weighted by Gasteiger charge is -2.30. The molecular formula is C20H22Cl2O2. The van der Waals surface area contributed by atoms with Gasteiger partial charge in [-0.3, -0.25) is 0 Å². The second kappa shape index (κ2) is 7.88. The summed E-state index contributed by atoms with van der Waals surface area (Å²) in [7, 11) is 0. The highest BCUT2D eigenvalue weighted by atomic mass is 35.5. The predicted octanol–water partition coefficient (Wildman–Crippen LogP) is 6.17. The minimum absolute atomic E-state index is 0.485. The molecule has 0 aromatic heterocycles. The summed E-state index contributed by atoms with van der Waals surface area (Å²) in [5.41, 5.74) is 2.31. The van der Waals surface area contributed by atoms with E-state index in [4.69, 9.17) is 32.7 Å². The van der Waals surface area contributed by atoms with E-state index in [1.165, 1.54) is 5.56 Å². The second-order valence-corrected chi connectivity index (χ2v) is 6.95. The molecule has 1 atom stereocenters. The maximum atomic E-state index is 6.20. The van der Waals surface area contributed by atoms with Crippen molar-refractivity contribution in [2.45, 2.75) is 37.9 Å². The quantitative estimate of drug-likeness (QED) is 0.610. The molecular weight excluding hydrogens is 343 g/mol. The van der Waals surface area contributed by atoms with Gasteiger partial charge >= 0.3 is 0 Å². The number of halogens is 2. The summed E-state index contributed by atoms with van der Waals surface area (Å²) in [5.74, 6) is -0.227. The Balaban J connectivity index is 1.80. The minimum atomic E-state index is -0.712. The summed E-state index contributed by atoms with van der Waals surface area (Å²) in [6, 6.07) is 16.2. The first-order chi connectivity index (χ1) is 11.6. The highest BCUT2D eigenvalue weighted by Crippen LogP contribution is 2.40. The topological polar surface area (TPSA) is 18.5 Å². The Kier molecular flexibility index (Phi) is 5.83. The summed E-state index contributed by atoms with van der Waals surface area (Å²) in [5, 5.41) is 1.08. The Hall–Kier alpha value is -1.06. The summed E-state index contributed by atoms with van der Waals surface area (Å²) in [4.78, 5) is 0. The normalized spacial score (nSPS) is 17.8. The average molecular weight is 365 g/mol. The van der Waals surface area contributed by atoms with E-state index in [0.29, 0.717) is 29.2 Å². The Labute approximate surface area is 153 Å². The zero-order valence-corrected chi connectivity index (χ0v) is 15.3. The van der Waals surface area contributed by atoms with Crippen molar-refractivity contribution < 1.29 is 9.47 Å². The minimum Gasteiger partial charge on any atom is -0.343 e. The van der Waals surface area contributed by atoms with Gasteiger partial charge in [-0.05, 0) is 36.5 Å². The maximum absolute atomic E-state index is 6.20. The molecule has 2 aromatic carbocycles. The van der Waals surface area contributed by atoms with E-state index in [-0.39, 0.29) is 0 Å². The Morgan fingerprint density at radius 3 is 2.33 bits per heavy atom. The van der Waals surface area contributed by atoms with Crippen LogP contribution in [0, 0.1) is 0 Å². The lowest BCUT2D eigenvalue weighted by molar-refractivity contribution is -0.172. The van der Waals surface area contributed by atoms with Crippen LogP contribution in [0.25, 0.3) is 0 Å². The van der Waals surface area contributed by atoms with Crippen molar-refractivity contribution >= 4 is 23.2 Å². The molecule has 0 saturated carbocycles. The molecule has 0 radical (unpaired) electrons. The molecule has 2 aromatic rings. The molecule has 0 bridgehead atoms. The van der Waals surface area contributed by atoms with E-state index in [1.807, 2.05) is 12.1 Å². The van der Waals surface area contributed by atoms with Gasteiger partial charge in [0.25, 0.3) is 0 Å². The van der Waals surface area contributed by atoms with Gasteiger partial charge in [-0.2, -0.15) is 0 Å². The van der Waals surface area contributed by atoms with E-state index in [1.54, 1.807) is 6.07 Å². The highest BCUT2D eigenvalue weighted by Gasteiger charge is 2.39. The zero-order chi connectivity index (χ0) is 17.0. The van der Waals surface area contributed by atoms with Gasteiger partial charge in [-0.1, -0.05) is 66.5 Å². The van der Waals surface area contributed by atoms with Crippen LogP contribution < -0.4 is 0 Å². The lowest BCUT2D eigenvalue weighted by atomic mass is 9.88. The maximum Gasteiger partial charge on any atom is 0.195 e. The molecule has 2 nitrogen and oxygen atoms in total. The molecule has 24 heavy (non-hydrogen) atoms. The zero-order valence-electron chi connectivity index (χ0n) is 13.8. The number of ether oxygens (including phenoxy) is 2. The second-order valence-electron chi connectivity index (χ2n) is 6.13. The molecule has 0 spiro atoms. The van der Waals surface area contributed by atoms with Gasteiger partial charge in [-0.15, -0.1) is 0 Å². The van der Waals surface area contributed by atoms with Gasteiger partial charge < -0.3 is 9.47 Å². The third-order valence-electron chi connectivity index (χ3n) is 4.70. The van der Waals surface area contributed by atoms with Crippen LogP contribution in [0.3, 0.4) is 0 Å². The predicted molar refractivity (Wildman–Crippen MR) is 98.8 cm³/mol. The third kappa shape index (κ3) is 3.78. The fourth-order valence-corrected chi connectivity index (χ4v) is 3.64. The average Bonchev–Trinajstić information content (AvgIpc) is 3.09. The Bertz CT molecular complexity index is 667. The monoisotopic (exact) mass is 364 g/mol. The molecule has 3 rings (SSSR count). The lowest BCUT2D eigenvalue weighted by Crippen LogP contribution is -2.28. The van der Waals surface area contributed by atoms with E-state index >= 15 is 0 Å². The van der Waals surface area contributed by atoms with E-state index in [9.17, 15) is 0 Å². The van der Waals surface area contributed by atoms with Crippen LogP contribution in [0.15, 0.2) is 48.5 Å². The van der Waals surface area contributed by atoms with Gasteiger partial charge in [0.15, 0.2) is 5.79 Å². The summed E-state index contributed by atoms with van der Waals surface area (Å²) >= 11 is 12.2. The van der Waals surface area contributed by atoms with Gasteiger partial charge in [0.1, 0.15) is 0 Å². The number of hydrogen-bond acceptors (Lipinski definition) is 2. The fourth-order valence-electron chi connectivity index (χ4n) is 3.34. The van der Waals surface area contributed by atoms with Crippen LogP contribution in [-0.2, 0) is 15.3 Å². The molecule has 128 valence electrons. The number of hydrogen-bond donors (Lipinski definition) is 0. The van der Waals surface area contributed by atoms with Crippen molar-refractivity contribution in [3.05, 3.63) is 69.7 Å². The van der Waals surface area contributed by atoms with Crippen LogP contribution >= 0.6 is 23.2 Å². The molecule has 1 heterocycles. The van der Waals surface area contributed by atoms with Crippen LogP contribution in [0.2, 0.25) is 10.0 Å². The molecule has 1 saturated heterocycles. The first-order valence-electron chi connectivity index (χ1n) is 8.43. The third-order valence-corrected chi connectivity index (χ3v) is 5.44. The van der Waals surface area contributed by atoms with Crippen LogP contribution in [-0.4, -0.2) is 13.2 Å². The van der Waals surface area contributed by atoms with Crippen molar-refractivity contribution in [1.29, 1.82) is 0 Å². The smallest absolute Gasteiger partial charge is 0.195 e. The molecule has 4 heteroatoms. The molecule has 1 aliphatic rings. The molecule has 0 N–H and O–H groups in total. The summed E-state index contributed by atoms with van der Waals surface area (Å²) < 4.78 is 12.1. The van der Waals surface area contributed by atoms with Gasteiger partial charge in [-0.25, -0.2) is 0 Å². The summed E-state index contributed by atoms with van der Waals surface area (Å²) in [6.07, 6.45) is 2.86. The number of benzene rings is 2. The van der Waals surface area contributed by atoms with Crippen molar-refractivity contribution in [2.75, 3.05) is 13.2 Å². The van der Waals surface area contributed by atoms with E-state index in [0.717, 1.165) is 24.8 Å². The van der Waals surface area contributed by atoms with Crippen LogP contribution in [0.5, 0.6) is 0 Å². The SMILES string of the molecule is CCC(CCC1(c2ccc(Cl)c(Cl)c2)OCCO1)c1ccccc1. The van der Waals surface area contributed by atoms with Crippen molar-refractivity contribution in [3.8, 4) is 0 Å². The molecule has 0 aliphatic carbocycles. The van der Waals surface area contributed by atoms with Crippen molar-refractivity contribution in [2.24, 2.45) is 0 Å². The fraction of sp³-hybridized carbons (Fsp3) is 0.400. The molecule has 0 amide bonds. The first-order valence-corrected chi connectivity index (χ1v) is 9.18. The molecule has 1 unspecified atom stereocenters. The van der Waals surface area contributed by atoms with E-state index in [2.05, 4.69) is 37.3 Å². The van der Waals surface area contributed by atoms with Gasteiger partial charge in [0.05, 0.1) is 23.3 Å². The van der Waals surface area contributed by atoms with Gasteiger partial charge in [0.2, 0.25) is 0 Å². The van der Waals surface area contributed by atoms with Crippen molar-refractivity contribution in [1.82, 2.24) is 0 Å². The summed E-state index contributed by atoms with van der Waals surface area (Å²) in [6.45, 7) is 3.42. The van der Waals surface area contributed by atoms with Crippen LogP contribution in [0.1, 0.15) is 43.2 Å². The Morgan fingerprint density at radius 2 is 1.71 bits per heavy atom. The van der Waals surface area contributed by atoms with Crippen LogP contribution in [0.4, 0.5) is 0 Å². The molecule has 1 aliphatic heterocycles. The largest absolute Gasteiger partial charge is 0.343 e. The number of rotatable bonds is 6. The molecule has 1 fully saturated rings. The van der Waals surface area contributed by atoms with Gasteiger partial charge in [0, 0.05) is 12.0 Å². The van der Waals surface area contributed by atoms with Crippen molar-refractivity contribution in [3.63, 3.8) is 0 Å². The first kappa shape index (κ1) is 17.8. The van der Waals surface area contributed by atoms with E-state index < -0.39 is 5.79 Å². The Morgan fingerprint density at radius 1 is 1.00 bits per heavy atom.